The molecule has 26 heavy (non-hydrogen) atoms. The minimum absolute atomic E-state index is 0.0141. The summed E-state index contributed by atoms with van der Waals surface area (Å²) in [6.45, 7) is 3.16. The van der Waals surface area contributed by atoms with Gasteiger partial charge in [-0.2, -0.15) is 0 Å². The Morgan fingerprint density at radius 3 is 2.96 bits per heavy atom. The molecule has 0 amide bonds. The number of aryl methyl sites for hydroxylation is 1. The van der Waals surface area contributed by atoms with Gasteiger partial charge in [0.25, 0.3) is 5.56 Å². The quantitative estimate of drug-likeness (QED) is 0.815. The van der Waals surface area contributed by atoms with Gasteiger partial charge in [0.15, 0.2) is 0 Å². The maximum absolute atomic E-state index is 13.0. The number of hydrogen-bond acceptors (Lipinski definition) is 4. The van der Waals surface area contributed by atoms with Gasteiger partial charge < -0.3 is 14.0 Å². The number of ether oxygens (including phenoxy) is 2. The molecule has 0 fully saturated rings. The van der Waals surface area contributed by atoms with E-state index in [4.69, 9.17) is 9.47 Å². The van der Waals surface area contributed by atoms with Crippen molar-refractivity contribution in [1.82, 2.24) is 4.57 Å². The van der Waals surface area contributed by atoms with Gasteiger partial charge in [-0.25, -0.2) is 4.99 Å². The molecule has 2 aliphatic carbocycles. The second kappa shape index (κ2) is 7.52. The molecule has 1 aromatic heterocycles. The van der Waals surface area contributed by atoms with Gasteiger partial charge in [-0.15, -0.1) is 0 Å². The molecular weight excluding hydrogens is 328 g/mol. The van der Waals surface area contributed by atoms with Crippen molar-refractivity contribution < 1.29 is 9.47 Å². The van der Waals surface area contributed by atoms with E-state index in [-0.39, 0.29) is 30.4 Å². The van der Waals surface area contributed by atoms with Gasteiger partial charge in [0, 0.05) is 12.2 Å². The molecule has 0 N–H and O–H groups in total. The second-order valence-corrected chi connectivity index (χ2v) is 7.19. The number of allylic oxidation sites excluding steroid dienone is 2. The Hall–Kier alpha value is -2.30. The molecule has 1 aliphatic heterocycles. The van der Waals surface area contributed by atoms with Crippen LogP contribution in [0.3, 0.4) is 0 Å². The summed E-state index contributed by atoms with van der Waals surface area (Å²) in [6, 6.07) is 2.03. The van der Waals surface area contributed by atoms with Crippen molar-refractivity contribution in [3.05, 3.63) is 57.5 Å². The first-order valence-corrected chi connectivity index (χ1v) is 9.73. The Morgan fingerprint density at radius 2 is 2.12 bits per heavy atom. The monoisotopic (exact) mass is 354 g/mol. The molecule has 3 aliphatic rings. The number of rotatable bonds is 5. The Kier molecular flexibility index (Phi) is 4.96. The average molecular weight is 354 g/mol. The third kappa shape index (κ3) is 3.35. The highest BCUT2D eigenvalue weighted by atomic mass is 16.7. The zero-order chi connectivity index (χ0) is 17.9. The summed E-state index contributed by atoms with van der Waals surface area (Å²) in [5.74, 6) is 0. The Morgan fingerprint density at radius 1 is 1.27 bits per heavy atom. The predicted molar refractivity (Wildman–Crippen MR) is 101 cm³/mol. The van der Waals surface area contributed by atoms with E-state index in [9.17, 15) is 4.79 Å². The standard InChI is InChI=1S/C21H26N2O3/c1-2-3-12-23-18-10-6-4-8-15(18)13-16(20(23)24)14-25-21-22-17-9-5-7-11-19(17)26-21/h5,7,9,11,13,17,19H,2-4,6,8,10,12,14H2,1H3. The largest absolute Gasteiger partial charge is 0.446 e. The summed E-state index contributed by atoms with van der Waals surface area (Å²) in [7, 11) is 0. The summed E-state index contributed by atoms with van der Waals surface area (Å²) in [6.07, 6.45) is 14.6. The molecule has 2 heterocycles. The predicted octanol–water partition coefficient (Wildman–Crippen LogP) is 3.29. The number of hydrogen-bond donors (Lipinski definition) is 0. The van der Waals surface area contributed by atoms with E-state index in [2.05, 4.69) is 11.9 Å². The first-order valence-electron chi connectivity index (χ1n) is 9.73. The van der Waals surface area contributed by atoms with E-state index in [1.54, 1.807) is 0 Å². The number of aromatic nitrogens is 1. The third-order valence-electron chi connectivity index (χ3n) is 5.31. The minimum atomic E-state index is -0.0836. The van der Waals surface area contributed by atoms with Crippen molar-refractivity contribution in [3.8, 4) is 0 Å². The fourth-order valence-corrected chi connectivity index (χ4v) is 3.88. The molecule has 2 unspecified atom stereocenters. The highest BCUT2D eigenvalue weighted by Crippen LogP contribution is 2.23. The van der Waals surface area contributed by atoms with Gasteiger partial charge in [0.05, 0.1) is 5.56 Å². The number of fused-ring (bicyclic) bond motifs is 2. The van der Waals surface area contributed by atoms with Crippen LogP contribution in [0.15, 0.2) is 40.2 Å². The normalized spacial score (nSPS) is 23.2. The molecule has 4 rings (SSSR count). The lowest BCUT2D eigenvalue weighted by molar-refractivity contribution is 0.148. The van der Waals surface area contributed by atoms with Gasteiger partial charge in [-0.3, -0.25) is 4.79 Å². The molecule has 5 heteroatoms. The lowest BCUT2D eigenvalue weighted by atomic mass is 9.94. The SMILES string of the molecule is CCCCn1c2c(cc(COC3=NC4C=CC=CC4O3)c1=O)CCCC2. The van der Waals surface area contributed by atoms with Gasteiger partial charge in [0.1, 0.15) is 18.8 Å². The van der Waals surface area contributed by atoms with Gasteiger partial charge in [-0.05, 0) is 49.8 Å². The highest BCUT2D eigenvalue weighted by Gasteiger charge is 2.29. The summed E-state index contributed by atoms with van der Waals surface area (Å²) in [5, 5.41) is 0. The van der Waals surface area contributed by atoms with Crippen molar-refractivity contribution in [2.45, 2.75) is 70.7 Å². The van der Waals surface area contributed by atoms with E-state index in [1.165, 1.54) is 24.1 Å². The van der Waals surface area contributed by atoms with Crippen LogP contribution in [0.4, 0.5) is 0 Å². The highest BCUT2D eigenvalue weighted by molar-refractivity contribution is 5.70. The lowest BCUT2D eigenvalue weighted by Crippen LogP contribution is -2.30. The van der Waals surface area contributed by atoms with Gasteiger partial charge in [-0.1, -0.05) is 31.6 Å². The molecule has 2 atom stereocenters. The Bertz CT molecular complexity index is 819. The van der Waals surface area contributed by atoms with E-state index in [1.807, 2.05) is 34.9 Å². The summed E-state index contributed by atoms with van der Waals surface area (Å²) < 4.78 is 13.5. The van der Waals surface area contributed by atoms with Crippen LogP contribution in [0.25, 0.3) is 0 Å². The van der Waals surface area contributed by atoms with E-state index in [0.29, 0.717) is 5.56 Å². The molecule has 0 spiro atoms. The number of pyridine rings is 1. The minimum Gasteiger partial charge on any atom is -0.446 e. The average Bonchev–Trinajstić information content (AvgIpc) is 3.09. The lowest BCUT2D eigenvalue weighted by Gasteiger charge is -2.22. The summed E-state index contributed by atoms with van der Waals surface area (Å²) in [5.41, 5.74) is 3.32. The number of unbranched alkanes of at least 4 members (excludes halogenated alkanes) is 1. The van der Waals surface area contributed by atoms with Crippen LogP contribution in [0, 0.1) is 0 Å². The number of aliphatic imine (C=N–C) groups is 1. The molecular formula is C21H26N2O3. The molecule has 0 radical (unpaired) electrons. The first kappa shape index (κ1) is 17.1. The molecule has 0 aromatic carbocycles. The topological polar surface area (TPSA) is 52.8 Å². The third-order valence-corrected chi connectivity index (χ3v) is 5.31. The van der Waals surface area contributed by atoms with Crippen LogP contribution in [-0.2, 0) is 35.5 Å². The van der Waals surface area contributed by atoms with Crippen LogP contribution in [0.2, 0.25) is 0 Å². The second-order valence-electron chi connectivity index (χ2n) is 7.19. The first-order chi connectivity index (χ1) is 12.8. The maximum atomic E-state index is 13.0. The summed E-state index contributed by atoms with van der Waals surface area (Å²) >= 11 is 0. The van der Waals surface area contributed by atoms with Crippen molar-refractivity contribution in [2.24, 2.45) is 4.99 Å². The molecule has 0 bridgehead atoms. The summed E-state index contributed by atoms with van der Waals surface area (Å²) in [4.78, 5) is 17.4. The van der Waals surface area contributed by atoms with Gasteiger partial charge in [0.2, 0.25) is 0 Å². The van der Waals surface area contributed by atoms with E-state index >= 15 is 0 Å². The van der Waals surface area contributed by atoms with Crippen LogP contribution >= 0.6 is 0 Å². The van der Waals surface area contributed by atoms with E-state index < -0.39 is 0 Å². The van der Waals surface area contributed by atoms with Crippen LogP contribution in [-0.4, -0.2) is 22.8 Å². The Labute approximate surface area is 154 Å². The number of nitrogens with zero attached hydrogens (tertiary/aromatic N) is 2. The Balaban J connectivity index is 1.54. The molecule has 5 nitrogen and oxygen atoms in total. The molecule has 0 saturated carbocycles. The van der Waals surface area contributed by atoms with Gasteiger partial charge >= 0.3 is 6.08 Å². The van der Waals surface area contributed by atoms with Crippen molar-refractivity contribution >= 4 is 6.08 Å². The zero-order valence-electron chi connectivity index (χ0n) is 15.3. The molecule has 0 saturated heterocycles. The fourth-order valence-electron chi connectivity index (χ4n) is 3.88. The smallest absolute Gasteiger partial charge is 0.385 e. The zero-order valence-corrected chi connectivity index (χ0v) is 15.3. The maximum Gasteiger partial charge on any atom is 0.385 e. The molecule has 1 aromatic rings. The van der Waals surface area contributed by atoms with Crippen LogP contribution < -0.4 is 5.56 Å². The molecule has 138 valence electrons. The van der Waals surface area contributed by atoms with Crippen molar-refractivity contribution in [2.75, 3.05) is 0 Å². The van der Waals surface area contributed by atoms with Crippen LogP contribution in [0.1, 0.15) is 49.4 Å². The van der Waals surface area contributed by atoms with Crippen LogP contribution in [0.5, 0.6) is 0 Å². The van der Waals surface area contributed by atoms with Crippen molar-refractivity contribution in [1.29, 1.82) is 0 Å². The van der Waals surface area contributed by atoms with Crippen molar-refractivity contribution in [3.63, 3.8) is 0 Å². The fraction of sp³-hybridized carbons (Fsp3) is 0.524. The van der Waals surface area contributed by atoms with E-state index in [0.717, 1.165) is 32.2 Å².